The Morgan fingerprint density at radius 1 is 1.24 bits per heavy atom. The van der Waals surface area contributed by atoms with Gasteiger partial charge in [0.1, 0.15) is 0 Å². The molecule has 1 saturated carbocycles. The summed E-state index contributed by atoms with van der Waals surface area (Å²) in [6.45, 7) is 2.23. The molecule has 0 bridgehead atoms. The predicted octanol–water partition coefficient (Wildman–Crippen LogP) is 2.05. The molecule has 3 rings (SSSR count). The van der Waals surface area contributed by atoms with E-state index in [4.69, 9.17) is 4.42 Å². The highest BCUT2D eigenvalue weighted by molar-refractivity contribution is 5.91. The maximum absolute atomic E-state index is 12.1. The highest BCUT2D eigenvalue weighted by atomic mass is 16.3. The van der Waals surface area contributed by atoms with Gasteiger partial charge in [0.05, 0.1) is 6.26 Å². The van der Waals surface area contributed by atoms with Gasteiger partial charge in [-0.05, 0) is 43.7 Å². The van der Waals surface area contributed by atoms with Crippen LogP contribution in [0.1, 0.15) is 42.7 Å². The van der Waals surface area contributed by atoms with Crippen LogP contribution >= 0.6 is 0 Å². The molecule has 2 aliphatic rings. The highest BCUT2D eigenvalue weighted by Crippen LogP contribution is 2.26. The second kappa shape index (κ2) is 6.33. The van der Waals surface area contributed by atoms with Crippen molar-refractivity contribution in [1.29, 1.82) is 0 Å². The van der Waals surface area contributed by atoms with Crippen LogP contribution in [-0.4, -0.2) is 36.3 Å². The van der Waals surface area contributed by atoms with Gasteiger partial charge in [-0.25, -0.2) is 0 Å². The number of furan rings is 1. The van der Waals surface area contributed by atoms with Crippen molar-refractivity contribution in [3.05, 3.63) is 24.2 Å². The first-order chi connectivity index (χ1) is 10.2. The smallest absolute Gasteiger partial charge is 0.289 e. The maximum Gasteiger partial charge on any atom is 0.289 e. The SMILES string of the molecule is O=C(NCC1CCN(C(=O)c2ccco2)CC1)C1CCC1. The Kier molecular flexibility index (Phi) is 4.27. The molecule has 2 heterocycles. The Labute approximate surface area is 124 Å². The molecule has 0 spiro atoms. The normalized spacial score (nSPS) is 20.1. The van der Waals surface area contributed by atoms with Gasteiger partial charge in [0.15, 0.2) is 5.76 Å². The quantitative estimate of drug-likeness (QED) is 0.923. The van der Waals surface area contributed by atoms with Gasteiger partial charge < -0.3 is 14.6 Å². The van der Waals surface area contributed by atoms with Gasteiger partial charge in [-0.2, -0.15) is 0 Å². The van der Waals surface area contributed by atoms with E-state index in [2.05, 4.69) is 5.32 Å². The fourth-order valence-electron chi connectivity index (χ4n) is 2.96. The second-order valence-electron chi connectivity index (χ2n) is 6.09. The average Bonchev–Trinajstić information content (AvgIpc) is 2.97. The van der Waals surface area contributed by atoms with Crippen molar-refractivity contribution in [2.75, 3.05) is 19.6 Å². The van der Waals surface area contributed by atoms with Crippen LogP contribution in [0.15, 0.2) is 22.8 Å². The molecule has 0 atom stereocenters. The van der Waals surface area contributed by atoms with Crippen LogP contribution < -0.4 is 5.32 Å². The van der Waals surface area contributed by atoms with E-state index in [1.807, 2.05) is 4.90 Å². The van der Waals surface area contributed by atoms with Gasteiger partial charge >= 0.3 is 0 Å². The molecule has 5 nitrogen and oxygen atoms in total. The Morgan fingerprint density at radius 3 is 2.57 bits per heavy atom. The number of hydrogen-bond acceptors (Lipinski definition) is 3. The third-order valence-electron chi connectivity index (χ3n) is 4.67. The number of nitrogens with one attached hydrogen (secondary N) is 1. The van der Waals surface area contributed by atoms with Crippen molar-refractivity contribution in [3.8, 4) is 0 Å². The van der Waals surface area contributed by atoms with E-state index >= 15 is 0 Å². The first-order valence-corrected chi connectivity index (χ1v) is 7.84. The van der Waals surface area contributed by atoms with Crippen molar-refractivity contribution in [2.45, 2.75) is 32.1 Å². The average molecular weight is 290 g/mol. The molecule has 21 heavy (non-hydrogen) atoms. The van der Waals surface area contributed by atoms with Crippen molar-refractivity contribution in [2.24, 2.45) is 11.8 Å². The number of carbonyl (C=O) groups excluding carboxylic acids is 2. The van der Waals surface area contributed by atoms with Crippen LogP contribution in [-0.2, 0) is 4.79 Å². The minimum atomic E-state index is -0.0306. The fourth-order valence-corrected chi connectivity index (χ4v) is 2.96. The van der Waals surface area contributed by atoms with E-state index in [1.165, 1.54) is 12.7 Å². The van der Waals surface area contributed by atoms with E-state index in [1.54, 1.807) is 12.1 Å². The lowest BCUT2D eigenvalue weighted by Crippen LogP contribution is -2.43. The molecule has 5 heteroatoms. The number of piperidine rings is 1. The predicted molar refractivity (Wildman–Crippen MR) is 77.7 cm³/mol. The van der Waals surface area contributed by atoms with Gasteiger partial charge in [-0.3, -0.25) is 9.59 Å². The molecule has 0 unspecified atom stereocenters. The van der Waals surface area contributed by atoms with Gasteiger partial charge in [-0.15, -0.1) is 0 Å². The fraction of sp³-hybridized carbons (Fsp3) is 0.625. The second-order valence-corrected chi connectivity index (χ2v) is 6.09. The Bertz CT molecular complexity index is 486. The molecule has 1 aromatic rings. The molecule has 1 aliphatic heterocycles. The van der Waals surface area contributed by atoms with Gasteiger partial charge in [0.25, 0.3) is 5.91 Å². The van der Waals surface area contributed by atoms with E-state index in [-0.39, 0.29) is 17.7 Å². The molecule has 0 radical (unpaired) electrons. The zero-order valence-corrected chi connectivity index (χ0v) is 12.2. The van der Waals surface area contributed by atoms with E-state index < -0.39 is 0 Å². The molecule has 2 amide bonds. The van der Waals surface area contributed by atoms with Crippen LogP contribution in [0.2, 0.25) is 0 Å². The van der Waals surface area contributed by atoms with Crippen LogP contribution in [0.4, 0.5) is 0 Å². The first kappa shape index (κ1) is 14.2. The number of carbonyl (C=O) groups is 2. The molecule has 1 saturated heterocycles. The molecule has 2 fully saturated rings. The van der Waals surface area contributed by atoms with Crippen molar-refractivity contribution >= 4 is 11.8 Å². The largest absolute Gasteiger partial charge is 0.459 e. The number of hydrogen-bond donors (Lipinski definition) is 1. The summed E-state index contributed by atoms with van der Waals surface area (Å²) in [4.78, 5) is 25.8. The van der Waals surface area contributed by atoms with Crippen LogP contribution in [0.5, 0.6) is 0 Å². The summed E-state index contributed by atoms with van der Waals surface area (Å²) in [5.41, 5.74) is 0. The number of rotatable bonds is 4. The third kappa shape index (κ3) is 3.28. The lowest BCUT2D eigenvalue weighted by molar-refractivity contribution is -0.127. The van der Waals surface area contributed by atoms with Crippen LogP contribution in [0, 0.1) is 11.8 Å². The first-order valence-electron chi connectivity index (χ1n) is 7.84. The van der Waals surface area contributed by atoms with E-state index in [0.29, 0.717) is 11.7 Å². The summed E-state index contributed by atoms with van der Waals surface area (Å²) >= 11 is 0. The molecular weight excluding hydrogens is 268 g/mol. The molecule has 1 aromatic heterocycles. The topological polar surface area (TPSA) is 62.6 Å². The Balaban J connectivity index is 1.40. The Hall–Kier alpha value is -1.78. The summed E-state index contributed by atoms with van der Waals surface area (Å²) in [7, 11) is 0. The number of likely N-dealkylation sites (tertiary alicyclic amines) is 1. The number of amides is 2. The van der Waals surface area contributed by atoms with Crippen molar-refractivity contribution in [1.82, 2.24) is 10.2 Å². The zero-order valence-electron chi connectivity index (χ0n) is 12.2. The Morgan fingerprint density at radius 2 is 2.00 bits per heavy atom. The van der Waals surface area contributed by atoms with Crippen LogP contribution in [0.3, 0.4) is 0 Å². The minimum Gasteiger partial charge on any atom is -0.459 e. The maximum atomic E-state index is 12.1. The summed E-state index contributed by atoms with van der Waals surface area (Å²) in [6, 6.07) is 3.43. The lowest BCUT2D eigenvalue weighted by atomic mass is 9.84. The number of nitrogens with zero attached hydrogens (tertiary/aromatic N) is 1. The summed E-state index contributed by atoms with van der Waals surface area (Å²) < 4.78 is 5.15. The molecular formula is C16H22N2O3. The van der Waals surface area contributed by atoms with Crippen LogP contribution in [0.25, 0.3) is 0 Å². The molecule has 114 valence electrons. The minimum absolute atomic E-state index is 0.0306. The summed E-state index contributed by atoms with van der Waals surface area (Å²) in [6.07, 6.45) is 6.68. The zero-order chi connectivity index (χ0) is 14.7. The van der Waals surface area contributed by atoms with Crippen molar-refractivity contribution in [3.63, 3.8) is 0 Å². The summed E-state index contributed by atoms with van der Waals surface area (Å²) in [5, 5.41) is 3.07. The molecule has 1 aliphatic carbocycles. The lowest BCUT2D eigenvalue weighted by Gasteiger charge is -2.32. The van der Waals surface area contributed by atoms with Gasteiger partial charge in [-0.1, -0.05) is 6.42 Å². The molecule has 0 aromatic carbocycles. The molecule has 1 N–H and O–H groups in total. The van der Waals surface area contributed by atoms with E-state index in [0.717, 1.165) is 45.3 Å². The van der Waals surface area contributed by atoms with Gasteiger partial charge in [0.2, 0.25) is 5.91 Å². The monoisotopic (exact) mass is 290 g/mol. The van der Waals surface area contributed by atoms with Crippen molar-refractivity contribution < 1.29 is 14.0 Å². The van der Waals surface area contributed by atoms with E-state index in [9.17, 15) is 9.59 Å². The third-order valence-corrected chi connectivity index (χ3v) is 4.67. The highest BCUT2D eigenvalue weighted by Gasteiger charge is 2.28. The summed E-state index contributed by atoms with van der Waals surface area (Å²) in [5.74, 6) is 1.33. The standard InChI is InChI=1S/C16H22N2O3/c19-15(13-3-1-4-13)17-11-12-6-8-18(9-7-12)16(20)14-5-2-10-21-14/h2,5,10,12-13H,1,3-4,6-9,11H2,(H,17,19). The van der Waals surface area contributed by atoms with Gasteiger partial charge in [0, 0.05) is 25.6 Å².